The number of hydrogen-bond donors (Lipinski definition) is 2. The number of halogens is 1. The van der Waals surface area contributed by atoms with Gasteiger partial charge in [0.1, 0.15) is 0 Å². The number of carboxylic acids is 1. The smallest absolute Gasteiger partial charge is 0.307 e. The second kappa shape index (κ2) is 6.14. The second-order valence-electron chi connectivity index (χ2n) is 4.41. The predicted octanol–water partition coefficient (Wildman–Crippen LogP) is 1.12. The van der Waals surface area contributed by atoms with Gasteiger partial charge < -0.3 is 5.11 Å². The number of benzene rings is 1. The summed E-state index contributed by atoms with van der Waals surface area (Å²) >= 11 is 0. The molecule has 0 aliphatic rings. The number of rotatable bonds is 6. The number of sulfonamides is 1. The molecule has 0 aromatic heterocycles. The molecule has 0 saturated carbocycles. The van der Waals surface area contributed by atoms with Gasteiger partial charge in [-0.1, -0.05) is 6.92 Å². The first-order chi connectivity index (χ1) is 9.56. The Morgan fingerprint density at radius 2 is 2.00 bits per heavy atom. The Morgan fingerprint density at radius 1 is 1.43 bits per heavy atom. The Morgan fingerprint density at radius 3 is 2.48 bits per heavy atom. The lowest BCUT2D eigenvalue weighted by molar-refractivity contribution is -0.387. The fourth-order valence-corrected chi connectivity index (χ4v) is 2.77. The van der Waals surface area contributed by atoms with E-state index >= 15 is 0 Å². The van der Waals surface area contributed by atoms with Gasteiger partial charge in [0, 0.05) is 12.1 Å². The van der Waals surface area contributed by atoms with Crippen LogP contribution < -0.4 is 4.72 Å². The second-order valence-corrected chi connectivity index (χ2v) is 6.12. The molecule has 0 aliphatic carbocycles. The van der Waals surface area contributed by atoms with Crippen LogP contribution in [-0.2, 0) is 14.8 Å². The lowest BCUT2D eigenvalue weighted by Gasteiger charge is -2.17. The van der Waals surface area contributed by atoms with Crippen molar-refractivity contribution in [2.75, 3.05) is 0 Å². The van der Waals surface area contributed by atoms with Gasteiger partial charge in [0.2, 0.25) is 15.8 Å². The molecule has 2 unspecified atom stereocenters. The molecule has 0 radical (unpaired) electrons. The van der Waals surface area contributed by atoms with Crippen LogP contribution >= 0.6 is 0 Å². The minimum Gasteiger partial charge on any atom is -0.481 e. The standard InChI is InChI=1S/C11H13FN2O6S/c1-6(11(15)16)7(2)13-21(19,20)8-3-4-9(12)10(5-8)14(17)18/h3-7,13H,1-2H3,(H,15,16). The highest BCUT2D eigenvalue weighted by molar-refractivity contribution is 7.89. The largest absolute Gasteiger partial charge is 0.481 e. The van der Waals surface area contributed by atoms with E-state index in [-0.39, 0.29) is 0 Å². The number of aliphatic carboxylic acids is 1. The molecule has 0 saturated heterocycles. The Kier molecular flexibility index (Phi) is 4.97. The Labute approximate surface area is 119 Å². The van der Waals surface area contributed by atoms with Crippen molar-refractivity contribution in [3.63, 3.8) is 0 Å². The summed E-state index contributed by atoms with van der Waals surface area (Å²) in [6.07, 6.45) is 0. The van der Waals surface area contributed by atoms with Gasteiger partial charge in [-0.15, -0.1) is 0 Å². The van der Waals surface area contributed by atoms with Gasteiger partial charge in [0.25, 0.3) is 0 Å². The summed E-state index contributed by atoms with van der Waals surface area (Å²) in [5.41, 5.74) is -0.975. The molecule has 0 aliphatic heterocycles. The van der Waals surface area contributed by atoms with Crippen molar-refractivity contribution < 1.29 is 27.6 Å². The highest BCUT2D eigenvalue weighted by Gasteiger charge is 2.27. The number of nitro groups is 1. The first kappa shape index (κ1) is 17.0. The molecule has 8 nitrogen and oxygen atoms in total. The van der Waals surface area contributed by atoms with Gasteiger partial charge in [0.15, 0.2) is 0 Å². The summed E-state index contributed by atoms with van der Waals surface area (Å²) in [5, 5.41) is 19.4. The topological polar surface area (TPSA) is 127 Å². The van der Waals surface area contributed by atoms with Crippen molar-refractivity contribution in [3.8, 4) is 0 Å². The van der Waals surface area contributed by atoms with Crippen LogP contribution in [0.15, 0.2) is 23.1 Å². The molecule has 21 heavy (non-hydrogen) atoms. The van der Waals surface area contributed by atoms with E-state index in [9.17, 15) is 27.7 Å². The maximum absolute atomic E-state index is 13.2. The van der Waals surface area contributed by atoms with Crippen molar-refractivity contribution in [2.24, 2.45) is 5.92 Å². The van der Waals surface area contributed by atoms with E-state index < -0.39 is 49.3 Å². The zero-order valence-electron chi connectivity index (χ0n) is 11.1. The summed E-state index contributed by atoms with van der Waals surface area (Å²) in [7, 11) is -4.20. The number of nitrogens with zero attached hydrogens (tertiary/aromatic N) is 1. The molecule has 0 bridgehead atoms. The quantitative estimate of drug-likeness (QED) is 0.597. The van der Waals surface area contributed by atoms with Crippen LogP contribution in [0.3, 0.4) is 0 Å². The first-order valence-electron chi connectivity index (χ1n) is 5.75. The fourth-order valence-electron chi connectivity index (χ4n) is 1.43. The van der Waals surface area contributed by atoms with Crippen LogP contribution in [0.2, 0.25) is 0 Å². The molecule has 0 amide bonds. The number of nitrogens with one attached hydrogen (secondary N) is 1. The molecule has 0 heterocycles. The van der Waals surface area contributed by atoms with Crippen LogP contribution in [0, 0.1) is 21.8 Å². The van der Waals surface area contributed by atoms with E-state index in [2.05, 4.69) is 4.72 Å². The third-order valence-electron chi connectivity index (χ3n) is 2.91. The molecule has 1 aromatic carbocycles. The predicted molar refractivity (Wildman–Crippen MR) is 69.6 cm³/mol. The van der Waals surface area contributed by atoms with E-state index in [0.29, 0.717) is 12.1 Å². The van der Waals surface area contributed by atoms with Gasteiger partial charge >= 0.3 is 11.7 Å². The zero-order chi connectivity index (χ0) is 16.4. The summed E-state index contributed by atoms with van der Waals surface area (Å²) in [5.74, 6) is -3.36. The number of carboxylic acid groups (broad SMARTS) is 1. The van der Waals surface area contributed by atoms with Gasteiger partial charge in [-0.2, -0.15) is 4.39 Å². The molecule has 0 fully saturated rings. The van der Waals surface area contributed by atoms with Crippen LogP contribution in [0.1, 0.15) is 13.8 Å². The Balaban J connectivity index is 3.12. The Hall–Kier alpha value is -2.07. The monoisotopic (exact) mass is 320 g/mol. The average Bonchev–Trinajstić information content (AvgIpc) is 2.36. The Bertz CT molecular complexity index is 675. The van der Waals surface area contributed by atoms with E-state index in [1.54, 1.807) is 0 Å². The number of nitro benzene ring substituents is 1. The molecule has 1 aromatic rings. The average molecular weight is 320 g/mol. The van der Waals surface area contributed by atoms with Crippen molar-refractivity contribution in [3.05, 3.63) is 34.1 Å². The van der Waals surface area contributed by atoms with Gasteiger partial charge in [-0.3, -0.25) is 14.9 Å². The molecule has 0 spiro atoms. The number of carbonyl (C=O) groups is 1. The van der Waals surface area contributed by atoms with Crippen LogP contribution in [0.5, 0.6) is 0 Å². The number of hydrogen-bond acceptors (Lipinski definition) is 5. The molecule has 116 valence electrons. The maximum atomic E-state index is 13.2. The minimum absolute atomic E-state index is 0.514. The minimum atomic E-state index is -4.20. The molecule has 1 rings (SSSR count). The van der Waals surface area contributed by atoms with E-state index in [1.165, 1.54) is 13.8 Å². The summed E-state index contributed by atoms with van der Waals surface area (Å²) in [6.45, 7) is 2.65. The summed E-state index contributed by atoms with van der Waals surface area (Å²) < 4.78 is 39.3. The molecular formula is C11H13FN2O6S. The van der Waals surface area contributed by atoms with Crippen LogP contribution in [0.4, 0.5) is 10.1 Å². The normalized spacial score (nSPS) is 14.4. The van der Waals surface area contributed by atoms with Crippen molar-refractivity contribution >= 4 is 21.7 Å². The summed E-state index contributed by atoms with van der Waals surface area (Å²) in [4.78, 5) is 19.8. The third-order valence-corrected chi connectivity index (χ3v) is 4.46. The fraction of sp³-hybridized carbons (Fsp3) is 0.364. The van der Waals surface area contributed by atoms with E-state index in [0.717, 1.165) is 6.07 Å². The van der Waals surface area contributed by atoms with Gasteiger partial charge in [-0.05, 0) is 19.1 Å². The van der Waals surface area contributed by atoms with Gasteiger partial charge in [-0.25, -0.2) is 13.1 Å². The summed E-state index contributed by atoms with van der Waals surface area (Å²) in [6, 6.07) is 1.16. The zero-order valence-corrected chi connectivity index (χ0v) is 11.9. The van der Waals surface area contributed by atoms with Crippen LogP contribution in [-0.4, -0.2) is 30.5 Å². The highest BCUT2D eigenvalue weighted by Crippen LogP contribution is 2.22. The van der Waals surface area contributed by atoms with Crippen molar-refractivity contribution in [1.29, 1.82) is 0 Å². The lowest BCUT2D eigenvalue weighted by Crippen LogP contribution is -2.40. The van der Waals surface area contributed by atoms with E-state index in [1.807, 2.05) is 0 Å². The lowest BCUT2D eigenvalue weighted by atomic mass is 10.1. The molecular weight excluding hydrogens is 307 g/mol. The highest BCUT2D eigenvalue weighted by atomic mass is 32.2. The van der Waals surface area contributed by atoms with Gasteiger partial charge in [0.05, 0.1) is 15.7 Å². The van der Waals surface area contributed by atoms with E-state index in [4.69, 9.17) is 5.11 Å². The van der Waals surface area contributed by atoms with Crippen molar-refractivity contribution in [2.45, 2.75) is 24.8 Å². The van der Waals surface area contributed by atoms with Crippen LogP contribution in [0.25, 0.3) is 0 Å². The maximum Gasteiger partial charge on any atom is 0.307 e. The third kappa shape index (κ3) is 3.95. The SMILES string of the molecule is CC(NS(=O)(=O)c1ccc(F)c([N+](=O)[O-])c1)C(C)C(=O)O. The molecule has 10 heteroatoms. The first-order valence-corrected chi connectivity index (χ1v) is 7.23. The molecule has 2 atom stereocenters. The van der Waals surface area contributed by atoms with Crippen molar-refractivity contribution in [1.82, 2.24) is 4.72 Å². The molecule has 2 N–H and O–H groups in total.